The van der Waals surface area contributed by atoms with E-state index in [0.29, 0.717) is 51.9 Å². The lowest BCUT2D eigenvalue weighted by atomic mass is 9.95. The minimum absolute atomic E-state index is 0.156. The summed E-state index contributed by atoms with van der Waals surface area (Å²) >= 11 is 1.43. The Bertz CT molecular complexity index is 1410. The lowest BCUT2D eigenvalue weighted by Gasteiger charge is -2.34. The van der Waals surface area contributed by atoms with Crippen molar-refractivity contribution in [3.63, 3.8) is 0 Å². The summed E-state index contributed by atoms with van der Waals surface area (Å²) in [5.74, 6) is -0.221. The lowest BCUT2D eigenvalue weighted by molar-refractivity contribution is -0.124. The van der Waals surface area contributed by atoms with Crippen molar-refractivity contribution >= 4 is 29.4 Å². The second-order valence-corrected chi connectivity index (χ2v) is 14.5. The van der Waals surface area contributed by atoms with Crippen molar-refractivity contribution in [3.05, 3.63) is 88.4 Å². The number of thiazole rings is 1. The third-order valence-electron chi connectivity index (χ3n) is 8.77. The van der Waals surface area contributed by atoms with Gasteiger partial charge in [-0.25, -0.2) is 9.59 Å². The first-order chi connectivity index (χ1) is 23.6. The van der Waals surface area contributed by atoms with Crippen LogP contribution in [0.5, 0.6) is 0 Å². The smallest absolute Gasteiger partial charge is 0.407 e. The number of hydrogen-bond donors (Lipinski definition) is 3. The van der Waals surface area contributed by atoms with E-state index in [4.69, 9.17) is 9.47 Å². The molecule has 1 saturated heterocycles. The van der Waals surface area contributed by atoms with E-state index >= 15 is 0 Å². The molecule has 2 heterocycles. The van der Waals surface area contributed by atoms with Gasteiger partial charge in [-0.1, -0.05) is 60.7 Å². The first-order valence-corrected chi connectivity index (χ1v) is 18.0. The summed E-state index contributed by atoms with van der Waals surface area (Å²) in [5.41, 5.74) is 3.48. The van der Waals surface area contributed by atoms with Gasteiger partial charge in [-0.3, -0.25) is 14.7 Å². The minimum Gasteiger partial charge on any atom is -0.444 e. The normalized spacial score (nSPS) is 15.4. The molecule has 12 heteroatoms. The van der Waals surface area contributed by atoms with Crippen molar-refractivity contribution in [1.82, 2.24) is 30.7 Å². The molecule has 1 aliphatic rings. The predicted molar refractivity (Wildman–Crippen MR) is 192 cm³/mol. The Hall–Kier alpha value is -4.00. The second-order valence-electron chi connectivity index (χ2n) is 13.5. The number of carbonyl (C=O) groups is 3. The predicted octanol–water partition coefficient (Wildman–Crippen LogP) is 5.02. The Morgan fingerprint density at radius 1 is 0.898 bits per heavy atom. The Labute approximate surface area is 294 Å². The van der Waals surface area contributed by atoms with E-state index in [1.54, 1.807) is 23.7 Å². The number of amides is 4. The molecule has 1 aliphatic heterocycles. The van der Waals surface area contributed by atoms with Gasteiger partial charge in [0.2, 0.25) is 5.91 Å². The first kappa shape index (κ1) is 37.8. The fraction of sp³-hybridized carbons (Fsp3) is 0.514. The molecular weight excluding hydrogens is 641 g/mol. The van der Waals surface area contributed by atoms with Gasteiger partial charge in [0.15, 0.2) is 0 Å². The zero-order valence-electron chi connectivity index (χ0n) is 29.2. The SMILES string of the molecule is CN(C(=O)NC(CCN1CCOCC1)C(=O)NC(CCC(Cc1ccccc1)NC(=O)OCc1cncs1)Cc1ccccc1)C(C)(C)C. The molecule has 0 bridgehead atoms. The van der Waals surface area contributed by atoms with Crippen LogP contribution in [-0.4, -0.2) is 96.4 Å². The third kappa shape index (κ3) is 13.4. The van der Waals surface area contributed by atoms with E-state index in [0.717, 1.165) is 29.1 Å². The van der Waals surface area contributed by atoms with Gasteiger partial charge in [0, 0.05) is 50.5 Å². The topological polar surface area (TPSA) is 125 Å². The molecule has 3 aromatic rings. The molecule has 4 rings (SSSR count). The summed E-state index contributed by atoms with van der Waals surface area (Å²) < 4.78 is 11.0. The molecule has 1 fully saturated rings. The van der Waals surface area contributed by atoms with Crippen LogP contribution in [0.1, 0.15) is 56.0 Å². The number of aromatic nitrogens is 1. The zero-order valence-corrected chi connectivity index (χ0v) is 30.0. The molecule has 3 unspecified atom stereocenters. The maximum Gasteiger partial charge on any atom is 0.407 e. The summed E-state index contributed by atoms with van der Waals surface area (Å²) in [7, 11) is 1.74. The average Bonchev–Trinajstić information content (AvgIpc) is 3.62. The maximum atomic E-state index is 14.1. The Morgan fingerprint density at radius 2 is 1.49 bits per heavy atom. The quantitative estimate of drug-likeness (QED) is 0.193. The lowest BCUT2D eigenvalue weighted by Crippen LogP contribution is -2.56. The highest BCUT2D eigenvalue weighted by Gasteiger charge is 2.29. The van der Waals surface area contributed by atoms with Crippen molar-refractivity contribution in [3.8, 4) is 0 Å². The van der Waals surface area contributed by atoms with E-state index in [-0.39, 0.29) is 30.6 Å². The molecule has 3 atom stereocenters. The zero-order chi connectivity index (χ0) is 35.1. The van der Waals surface area contributed by atoms with Gasteiger partial charge in [-0.05, 0) is 64.0 Å². The van der Waals surface area contributed by atoms with E-state index in [9.17, 15) is 14.4 Å². The Balaban J connectivity index is 1.48. The molecule has 4 amide bonds. The molecular formula is C37H52N6O5S. The highest BCUT2D eigenvalue weighted by atomic mass is 32.1. The molecule has 0 saturated carbocycles. The fourth-order valence-corrected chi connectivity index (χ4v) is 6.07. The monoisotopic (exact) mass is 692 g/mol. The molecule has 3 N–H and O–H groups in total. The van der Waals surface area contributed by atoms with Crippen molar-refractivity contribution in [1.29, 1.82) is 0 Å². The van der Waals surface area contributed by atoms with E-state index in [1.807, 2.05) is 81.4 Å². The molecule has 11 nitrogen and oxygen atoms in total. The number of urea groups is 1. The molecule has 2 aromatic carbocycles. The summed E-state index contributed by atoms with van der Waals surface area (Å²) in [6, 6.07) is 18.6. The van der Waals surface area contributed by atoms with Crippen LogP contribution in [0, 0.1) is 0 Å². The van der Waals surface area contributed by atoms with Crippen LogP contribution >= 0.6 is 11.3 Å². The van der Waals surface area contributed by atoms with Crippen LogP contribution in [0.4, 0.5) is 9.59 Å². The molecule has 266 valence electrons. The largest absolute Gasteiger partial charge is 0.444 e. The number of ether oxygens (including phenoxy) is 2. The summed E-state index contributed by atoms with van der Waals surface area (Å²) in [5, 5.41) is 9.37. The number of nitrogens with one attached hydrogen (secondary N) is 3. The maximum absolute atomic E-state index is 14.1. The first-order valence-electron chi connectivity index (χ1n) is 17.1. The van der Waals surface area contributed by atoms with Gasteiger partial charge in [-0.2, -0.15) is 0 Å². The van der Waals surface area contributed by atoms with Crippen LogP contribution in [0.15, 0.2) is 72.4 Å². The van der Waals surface area contributed by atoms with Gasteiger partial charge in [0.25, 0.3) is 0 Å². The standard InChI is InChI=1S/C37H52N6O5S/c1-37(2,3)42(4)35(45)41-33(17-18-43-19-21-47-22-20-43)34(44)39-30(23-28-11-7-5-8-12-28)15-16-31(24-29-13-9-6-10-14-29)40-36(46)48-26-32-25-38-27-49-32/h5-14,25,27,30-31,33H,15-24,26H2,1-4H3,(H,39,44)(H,40,46)(H,41,45). The van der Waals surface area contributed by atoms with Crippen LogP contribution in [0.3, 0.4) is 0 Å². The molecule has 0 aliphatic carbocycles. The number of alkyl carbamates (subject to hydrolysis) is 1. The van der Waals surface area contributed by atoms with Crippen molar-refractivity contribution in [2.75, 3.05) is 39.9 Å². The van der Waals surface area contributed by atoms with Gasteiger partial charge in [-0.15, -0.1) is 11.3 Å². The van der Waals surface area contributed by atoms with E-state index in [2.05, 4.69) is 25.8 Å². The third-order valence-corrected chi connectivity index (χ3v) is 9.53. The van der Waals surface area contributed by atoms with Crippen molar-refractivity contribution in [2.45, 2.75) is 83.1 Å². The summed E-state index contributed by atoms with van der Waals surface area (Å²) in [6.45, 7) is 9.60. The number of rotatable bonds is 16. The van der Waals surface area contributed by atoms with Crippen LogP contribution in [-0.2, 0) is 33.7 Å². The average molecular weight is 693 g/mol. The van der Waals surface area contributed by atoms with Gasteiger partial charge < -0.3 is 30.3 Å². The molecule has 1 aromatic heterocycles. The number of hydrogen-bond acceptors (Lipinski definition) is 8. The van der Waals surface area contributed by atoms with E-state index < -0.39 is 17.7 Å². The van der Waals surface area contributed by atoms with Crippen molar-refractivity contribution in [2.24, 2.45) is 0 Å². The summed E-state index contributed by atoms with van der Waals surface area (Å²) in [6.07, 6.45) is 4.07. The Morgan fingerprint density at radius 3 is 2.04 bits per heavy atom. The molecule has 0 radical (unpaired) electrons. The highest BCUT2D eigenvalue weighted by Crippen LogP contribution is 2.16. The summed E-state index contributed by atoms with van der Waals surface area (Å²) in [4.78, 5) is 49.0. The Kier molecular flexibility index (Phi) is 14.9. The fourth-order valence-electron chi connectivity index (χ4n) is 5.57. The number of nitrogens with zero attached hydrogens (tertiary/aromatic N) is 3. The molecule has 49 heavy (non-hydrogen) atoms. The second kappa shape index (κ2) is 19.3. The van der Waals surface area contributed by atoms with Crippen LogP contribution in [0.2, 0.25) is 0 Å². The van der Waals surface area contributed by atoms with Gasteiger partial charge in [0.1, 0.15) is 12.6 Å². The number of carbonyl (C=O) groups excluding carboxylic acids is 3. The van der Waals surface area contributed by atoms with Crippen LogP contribution < -0.4 is 16.0 Å². The minimum atomic E-state index is -0.724. The van der Waals surface area contributed by atoms with Gasteiger partial charge >= 0.3 is 12.1 Å². The molecule has 0 spiro atoms. The van der Waals surface area contributed by atoms with Gasteiger partial charge in [0.05, 0.1) is 23.6 Å². The van der Waals surface area contributed by atoms with Crippen molar-refractivity contribution < 1.29 is 23.9 Å². The highest BCUT2D eigenvalue weighted by molar-refractivity contribution is 7.09. The van der Waals surface area contributed by atoms with Crippen LogP contribution in [0.25, 0.3) is 0 Å². The number of benzene rings is 2. The van der Waals surface area contributed by atoms with E-state index in [1.165, 1.54) is 11.3 Å². The number of morpholine rings is 1.